The lowest BCUT2D eigenvalue weighted by molar-refractivity contribution is -0.140. The van der Waals surface area contributed by atoms with Gasteiger partial charge in [-0.15, -0.1) is 0 Å². The van der Waals surface area contributed by atoms with Crippen molar-refractivity contribution in [1.29, 1.82) is 0 Å². The molecule has 2 N–H and O–H groups in total. The summed E-state index contributed by atoms with van der Waals surface area (Å²) in [7, 11) is 0. The number of hydrogen-bond donors (Lipinski definition) is 2. The van der Waals surface area contributed by atoms with E-state index in [2.05, 4.69) is 4.74 Å². The number of esters is 1. The van der Waals surface area contributed by atoms with Crippen molar-refractivity contribution in [2.75, 3.05) is 0 Å². The predicted molar refractivity (Wildman–Crippen MR) is 30.4 cm³/mol. The smallest absolute Gasteiger partial charge is 0.449 e. The van der Waals surface area contributed by atoms with Gasteiger partial charge in [0.1, 0.15) is 0 Å². The van der Waals surface area contributed by atoms with Crippen LogP contribution in [0.5, 0.6) is 0 Å². The highest BCUT2D eigenvalue weighted by Gasteiger charge is 2.10. The summed E-state index contributed by atoms with van der Waals surface area (Å²) in [5.74, 6) is -0.942. The fourth-order valence-electron chi connectivity index (χ4n) is 0.380. The van der Waals surface area contributed by atoms with Gasteiger partial charge in [0.2, 0.25) is 0 Å². The van der Waals surface area contributed by atoms with Gasteiger partial charge < -0.3 is 14.9 Å². The molecule has 0 saturated heterocycles. The molecule has 0 aliphatic carbocycles. The van der Waals surface area contributed by atoms with Gasteiger partial charge in [0.25, 0.3) is 0 Å². The van der Waals surface area contributed by atoms with E-state index in [1.165, 1.54) is 6.92 Å². The maximum Gasteiger partial charge on any atom is 0.513 e. The quantitative estimate of drug-likeness (QED) is 0.424. The van der Waals surface area contributed by atoms with E-state index in [9.17, 15) is 9.59 Å². The maximum absolute atomic E-state index is 10.3. The number of hydrogen-bond acceptors (Lipinski definition) is 4. The molecular formula is C5H8O5. The molecule has 0 heterocycles. The van der Waals surface area contributed by atoms with Crippen LogP contribution in [0.15, 0.2) is 0 Å². The summed E-state index contributed by atoms with van der Waals surface area (Å²) in [6.07, 6.45) is -2.82. The zero-order valence-electron chi connectivity index (χ0n) is 5.40. The van der Waals surface area contributed by atoms with Crippen molar-refractivity contribution in [2.45, 2.75) is 19.4 Å². The lowest BCUT2D eigenvalue weighted by Crippen LogP contribution is -2.15. The molecule has 0 aliphatic heterocycles. The molecule has 0 aromatic heterocycles. The second-order valence-electron chi connectivity index (χ2n) is 1.79. The molecule has 10 heavy (non-hydrogen) atoms. The van der Waals surface area contributed by atoms with Crippen LogP contribution in [0.4, 0.5) is 4.79 Å². The number of aliphatic hydroxyl groups is 1. The molecule has 0 rings (SSSR count). The SMILES string of the molecule is CC(O)CC(=O)OC(=O)O. The third-order valence-electron chi connectivity index (χ3n) is 0.663. The normalized spacial score (nSPS) is 12.2. The van der Waals surface area contributed by atoms with Crippen molar-refractivity contribution < 1.29 is 24.5 Å². The average Bonchev–Trinajstić information content (AvgIpc) is 1.58. The van der Waals surface area contributed by atoms with Crippen LogP contribution in [0.25, 0.3) is 0 Å². The number of carbonyl (C=O) groups is 2. The standard InChI is InChI=1S/C5H8O5/c1-3(6)2-4(7)10-5(8)9/h3,6H,2H2,1H3,(H,8,9). The van der Waals surface area contributed by atoms with E-state index in [0.29, 0.717) is 0 Å². The molecule has 1 atom stereocenters. The molecule has 0 aliphatic rings. The molecule has 0 bridgehead atoms. The molecule has 1 unspecified atom stereocenters. The Kier molecular flexibility index (Phi) is 3.42. The van der Waals surface area contributed by atoms with E-state index in [-0.39, 0.29) is 6.42 Å². The van der Waals surface area contributed by atoms with E-state index >= 15 is 0 Å². The third kappa shape index (κ3) is 5.04. The van der Waals surface area contributed by atoms with Gasteiger partial charge in [0, 0.05) is 0 Å². The molecule has 0 aromatic carbocycles. The largest absolute Gasteiger partial charge is 0.513 e. The van der Waals surface area contributed by atoms with E-state index in [4.69, 9.17) is 10.2 Å². The van der Waals surface area contributed by atoms with Gasteiger partial charge in [-0.3, -0.25) is 4.79 Å². The minimum Gasteiger partial charge on any atom is -0.449 e. The molecule has 0 amide bonds. The number of ether oxygens (including phenoxy) is 1. The Morgan fingerprint density at radius 2 is 2.10 bits per heavy atom. The third-order valence-corrected chi connectivity index (χ3v) is 0.663. The van der Waals surface area contributed by atoms with Crippen molar-refractivity contribution in [1.82, 2.24) is 0 Å². The zero-order chi connectivity index (χ0) is 8.15. The molecule has 0 spiro atoms. The number of carbonyl (C=O) groups excluding carboxylic acids is 1. The lowest BCUT2D eigenvalue weighted by atomic mass is 10.3. The van der Waals surface area contributed by atoms with Crippen LogP contribution in [0.1, 0.15) is 13.3 Å². The fraction of sp³-hybridized carbons (Fsp3) is 0.600. The van der Waals surface area contributed by atoms with Crippen molar-refractivity contribution in [3.8, 4) is 0 Å². The van der Waals surface area contributed by atoms with E-state index in [0.717, 1.165) is 0 Å². The highest BCUT2D eigenvalue weighted by atomic mass is 16.7. The van der Waals surface area contributed by atoms with Gasteiger partial charge in [0.05, 0.1) is 12.5 Å². The first kappa shape index (κ1) is 8.90. The van der Waals surface area contributed by atoms with Crippen molar-refractivity contribution in [2.24, 2.45) is 0 Å². The van der Waals surface area contributed by atoms with E-state index < -0.39 is 18.2 Å². The molecule has 0 radical (unpaired) electrons. The summed E-state index contributed by atoms with van der Waals surface area (Å²) >= 11 is 0. The first-order chi connectivity index (χ1) is 4.52. The first-order valence-corrected chi connectivity index (χ1v) is 2.64. The summed E-state index contributed by atoms with van der Waals surface area (Å²) in [5.41, 5.74) is 0. The highest BCUT2D eigenvalue weighted by molar-refractivity contribution is 5.81. The lowest BCUT2D eigenvalue weighted by Gasteiger charge is -1.99. The van der Waals surface area contributed by atoms with E-state index in [1.807, 2.05) is 0 Å². The van der Waals surface area contributed by atoms with Crippen molar-refractivity contribution in [3.05, 3.63) is 0 Å². The number of carboxylic acid groups (broad SMARTS) is 1. The summed E-state index contributed by atoms with van der Waals surface area (Å²) in [6, 6.07) is 0. The summed E-state index contributed by atoms with van der Waals surface area (Å²) in [4.78, 5) is 20.0. The van der Waals surface area contributed by atoms with Gasteiger partial charge in [-0.2, -0.15) is 0 Å². The fourth-order valence-corrected chi connectivity index (χ4v) is 0.380. The van der Waals surface area contributed by atoms with Crippen LogP contribution in [-0.2, 0) is 9.53 Å². The summed E-state index contributed by atoms with van der Waals surface area (Å²) in [5, 5.41) is 16.4. The van der Waals surface area contributed by atoms with Crippen molar-refractivity contribution in [3.63, 3.8) is 0 Å². The molecular weight excluding hydrogens is 140 g/mol. The second kappa shape index (κ2) is 3.84. The minimum atomic E-state index is -1.65. The molecule has 0 saturated carbocycles. The minimum absolute atomic E-state index is 0.299. The topological polar surface area (TPSA) is 83.8 Å². The zero-order valence-corrected chi connectivity index (χ0v) is 5.40. The first-order valence-electron chi connectivity index (χ1n) is 2.64. The Morgan fingerprint density at radius 1 is 1.60 bits per heavy atom. The van der Waals surface area contributed by atoms with Crippen LogP contribution in [-0.4, -0.2) is 28.4 Å². The molecule has 5 nitrogen and oxygen atoms in total. The van der Waals surface area contributed by atoms with Crippen LogP contribution in [0, 0.1) is 0 Å². The van der Waals surface area contributed by atoms with Gasteiger partial charge in [-0.05, 0) is 6.92 Å². The average molecular weight is 148 g/mol. The Labute approximate surface area is 57.2 Å². The molecule has 0 fully saturated rings. The molecule has 0 aromatic rings. The Hall–Kier alpha value is -1.10. The van der Waals surface area contributed by atoms with Gasteiger partial charge >= 0.3 is 12.1 Å². The van der Waals surface area contributed by atoms with Crippen LogP contribution >= 0.6 is 0 Å². The number of rotatable bonds is 2. The van der Waals surface area contributed by atoms with Gasteiger partial charge in [0.15, 0.2) is 0 Å². The van der Waals surface area contributed by atoms with Crippen molar-refractivity contribution >= 4 is 12.1 Å². The Balaban J connectivity index is 3.54. The summed E-state index contributed by atoms with van der Waals surface area (Å²) < 4.78 is 3.68. The highest BCUT2D eigenvalue weighted by Crippen LogP contribution is 1.92. The second-order valence-corrected chi connectivity index (χ2v) is 1.79. The monoisotopic (exact) mass is 148 g/mol. The number of aliphatic hydroxyl groups excluding tert-OH is 1. The Morgan fingerprint density at radius 3 is 2.40 bits per heavy atom. The van der Waals surface area contributed by atoms with Gasteiger partial charge in [-0.25, -0.2) is 4.79 Å². The van der Waals surface area contributed by atoms with Crippen LogP contribution in [0.2, 0.25) is 0 Å². The summed E-state index contributed by atoms with van der Waals surface area (Å²) in [6.45, 7) is 1.36. The predicted octanol–water partition coefficient (Wildman–Crippen LogP) is -0.0215. The maximum atomic E-state index is 10.3. The van der Waals surface area contributed by atoms with Gasteiger partial charge in [-0.1, -0.05) is 0 Å². The molecule has 5 heteroatoms. The Bertz CT molecular complexity index is 139. The van der Waals surface area contributed by atoms with Crippen LogP contribution < -0.4 is 0 Å². The van der Waals surface area contributed by atoms with E-state index in [1.54, 1.807) is 0 Å². The molecule has 58 valence electrons. The van der Waals surface area contributed by atoms with Crippen LogP contribution in [0.3, 0.4) is 0 Å².